The van der Waals surface area contributed by atoms with Crippen LogP contribution in [0.2, 0.25) is 0 Å². The molecule has 1 atom stereocenters. The minimum absolute atomic E-state index is 0.0666. The van der Waals surface area contributed by atoms with Gasteiger partial charge in [0.25, 0.3) is 0 Å². The molecule has 2 N–H and O–H groups in total. The Kier molecular flexibility index (Phi) is 4.71. The molecule has 3 heteroatoms. The van der Waals surface area contributed by atoms with Crippen LogP contribution < -0.4 is 5.73 Å². The Morgan fingerprint density at radius 3 is 2.37 bits per heavy atom. The lowest BCUT2D eigenvalue weighted by Gasteiger charge is -2.10. The normalized spacial score (nSPS) is 12.5. The van der Waals surface area contributed by atoms with Crippen LogP contribution in [0.1, 0.15) is 29.7 Å². The molecule has 0 heterocycles. The first-order chi connectivity index (χ1) is 8.97. The number of aryl methyl sites for hydroxylation is 2. The second-order valence-corrected chi connectivity index (χ2v) is 6.80. The SMILES string of the molecule is Cc1ccc(Sc2ccc([C@@H](C)N)cc2Br)cc1C. The summed E-state index contributed by atoms with van der Waals surface area (Å²) in [6.07, 6.45) is 0. The lowest BCUT2D eigenvalue weighted by molar-refractivity contribution is 0.815. The van der Waals surface area contributed by atoms with Gasteiger partial charge in [-0.05, 0) is 77.7 Å². The first kappa shape index (κ1) is 14.6. The van der Waals surface area contributed by atoms with Gasteiger partial charge in [-0.2, -0.15) is 0 Å². The van der Waals surface area contributed by atoms with Crippen LogP contribution in [0.3, 0.4) is 0 Å². The fourth-order valence-electron chi connectivity index (χ4n) is 1.79. The Hall–Kier alpha value is -0.770. The molecule has 2 rings (SSSR count). The van der Waals surface area contributed by atoms with Crippen molar-refractivity contribution in [3.05, 3.63) is 57.6 Å². The summed E-state index contributed by atoms with van der Waals surface area (Å²) >= 11 is 5.40. The molecule has 19 heavy (non-hydrogen) atoms. The van der Waals surface area contributed by atoms with E-state index in [4.69, 9.17) is 5.73 Å². The van der Waals surface area contributed by atoms with Gasteiger partial charge in [-0.1, -0.05) is 23.9 Å². The van der Waals surface area contributed by atoms with Gasteiger partial charge in [0, 0.05) is 20.3 Å². The first-order valence-electron chi connectivity index (χ1n) is 6.27. The Morgan fingerprint density at radius 2 is 1.79 bits per heavy atom. The quantitative estimate of drug-likeness (QED) is 0.830. The van der Waals surface area contributed by atoms with Crippen molar-refractivity contribution in [2.75, 3.05) is 0 Å². The predicted molar refractivity (Wildman–Crippen MR) is 86.8 cm³/mol. The van der Waals surface area contributed by atoms with E-state index in [1.807, 2.05) is 6.92 Å². The van der Waals surface area contributed by atoms with Crippen molar-refractivity contribution in [2.24, 2.45) is 5.73 Å². The third-order valence-electron chi connectivity index (χ3n) is 3.19. The van der Waals surface area contributed by atoms with Crippen LogP contribution in [0.5, 0.6) is 0 Å². The number of hydrogen-bond donors (Lipinski definition) is 1. The fourth-order valence-corrected chi connectivity index (χ4v) is 3.34. The zero-order chi connectivity index (χ0) is 14.0. The molecule has 2 aromatic carbocycles. The van der Waals surface area contributed by atoms with Gasteiger partial charge >= 0.3 is 0 Å². The highest BCUT2D eigenvalue weighted by Gasteiger charge is 2.06. The first-order valence-corrected chi connectivity index (χ1v) is 7.88. The van der Waals surface area contributed by atoms with Crippen LogP contribution in [-0.2, 0) is 0 Å². The fraction of sp³-hybridized carbons (Fsp3) is 0.250. The van der Waals surface area contributed by atoms with Gasteiger partial charge in [-0.25, -0.2) is 0 Å². The molecule has 0 aliphatic carbocycles. The Bertz CT molecular complexity index is 593. The molecule has 1 nitrogen and oxygen atoms in total. The molecule has 0 fully saturated rings. The predicted octanol–water partition coefficient (Wildman–Crippen LogP) is 5.24. The number of benzene rings is 2. The van der Waals surface area contributed by atoms with Crippen molar-refractivity contribution in [1.82, 2.24) is 0 Å². The highest BCUT2D eigenvalue weighted by Crippen LogP contribution is 2.35. The molecule has 0 aromatic heterocycles. The Morgan fingerprint density at radius 1 is 1.05 bits per heavy atom. The maximum Gasteiger partial charge on any atom is 0.0318 e. The topological polar surface area (TPSA) is 26.0 Å². The number of rotatable bonds is 3. The van der Waals surface area contributed by atoms with Gasteiger partial charge in [0.05, 0.1) is 0 Å². The Labute approximate surface area is 127 Å². The molecule has 0 saturated carbocycles. The second-order valence-electron chi connectivity index (χ2n) is 4.83. The molecular weight excluding hydrogens is 318 g/mol. The van der Waals surface area contributed by atoms with E-state index in [1.54, 1.807) is 11.8 Å². The molecule has 0 aliphatic rings. The number of nitrogens with two attached hydrogens (primary N) is 1. The zero-order valence-corrected chi connectivity index (χ0v) is 13.8. The summed E-state index contributed by atoms with van der Waals surface area (Å²) in [5.74, 6) is 0. The van der Waals surface area contributed by atoms with Gasteiger partial charge in [-0.3, -0.25) is 0 Å². The van der Waals surface area contributed by atoms with Crippen molar-refractivity contribution in [3.63, 3.8) is 0 Å². The van der Waals surface area contributed by atoms with E-state index < -0.39 is 0 Å². The van der Waals surface area contributed by atoms with E-state index in [2.05, 4.69) is 66.2 Å². The average Bonchev–Trinajstić information content (AvgIpc) is 2.36. The van der Waals surface area contributed by atoms with Crippen LogP contribution in [0.15, 0.2) is 50.7 Å². The summed E-state index contributed by atoms with van der Waals surface area (Å²) in [6, 6.07) is 13.0. The summed E-state index contributed by atoms with van der Waals surface area (Å²) in [4.78, 5) is 2.48. The third-order valence-corrected chi connectivity index (χ3v) is 5.17. The van der Waals surface area contributed by atoms with Crippen LogP contribution in [0, 0.1) is 13.8 Å². The maximum atomic E-state index is 5.89. The number of halogens is 1. The smallest absolute Gasteiger partial charge is 0.0318 e. The molecule has 0 amide bonds. The molecule has 0 aliphatic heterocycles. The van der Waals surface area contributed by atoms with Crippen LogP contribution in [0.4, 0.5) is 0 Å². The molecule has 100 valence electrons. The van der Waals surface area contributed by atoms with Crippen LogP contribution in [-0.4, -0.2) is 0 Å². The summed E-state index contributed by atoms with van der Waals surface area (Å²) in [5.41, 5.74) is 9.70. The highest BCUT2D eigenvalue weighted by molar-refractivity contribution is 9.10. The lowest BCUT2D eigenvalue weighted by atomic mass is 10.1. The summed E-state index contributed by atoms with van der Waals surface area (Å²) in [6.45, 7) is 6.28. The zero-order valence-electron chi connectivity index (χ0n) is 11.4. The van der Waals surface area contributed by atoms with Crippen molar-refractivity contribution in [3.8, 4) is 0 Å². The van der Waals surface area contributed by atoms with E-state index in [9.17, 15) is 0 Å². The summed E-state index contributed by atoms with van der Waals surface area (Å²) in [7, 11) is 0. The van der Waals surface area contributed by atoms with Gasteiger partial charge in [-0.15, -0.1) is 0 Å². The molecule has 0 bridgehead atoms. The van der Waals surface area contributed by atoms with E-state index >= 15 is 0 Å². The molecule has 0 unspecified atom stereocenters. The third kappa shape index (κ3) is 3.62. The molecule has 0 spiro atoms. The monoisotopic (exact) mass is 335 g/mol. The van der Waals surface area contributed by atoms with E-state index in [0.717, 1.165) is 10.0 Å². The molecule has 0 saturated heterocycles. The van der Waals surface area contributed by atoms with Crippen LogP contribution >= 0.6 is 27.7 Å². The standard InChI is InChI=1S/C16H18BrNS/c1-10-4-6-14(8-11(10)2)19-16-7-5-13(12(3)18)9-15(16)17/h4-9,12H,18H2,1-3H3/t12-/m1/s1. The van der Waals surface area contributed by atoms with E-state index in [1.165, 1.54) is 20.9 Å². The van der Waals surface area contributed by atoms with Crippen molar-refractivity contribution in [1.29, 1.82) is 0 Å². The largest absolute Gasteiger partial charge is 0.324 e. The van der Waals surface area contributed by atoms with Gasteiger partial charge in [0.2, 0.25) is 0 Å². The lowest BCUT2D eigenvalue weighted by Crippen LogP contribution is -2.04. The summed E-state index contributed by atoms with van der Waals surface area (Å²) < 4.78 is 1.10. The minimum atomic E-state index is 0.0666. The van der Waals surface area contributed by atoms with Gasteiger partial charge in [0.1, 0.15) is 0 Å². The van der Waals surface area contributed by atoms with Crippen LogP contribution in [0.25, 0.3) is 0 Å². The van der Waals surface area contributed by atoms with E-state index in [-0.39, 0.29) is 6.04 Å². The minimum Gasteiger partial charge on any atom is -0.324 e. The van der Waals surface area contributed by atoms with Crippen molar-refractivity contribution < 1.29 is 0 Å². The van der Waals surface area contributed by atoms with Gasteiger partial charge in [0.15, 0.2) is 0 Å². The molecular formula is C16H18BrNS. The average molecular weight is 336 g/mol. The maximum absolute atomic E-state index is 5.89. The molecule has 0 radical (unpaired) electrons. The Balaban J connectivity index is 2.25. The van der Waals surface area contributed by atoms with E-state index in [0.29, 0.717) is 0 Å². The number of hydrogen-bond acceptors (Lipinski definition) is 2. The molecule has 2 aromatic rings. The summed E-state index contributed by atoms with van der Waals surface area (Å²) in [5, 5.41) is 0. The van der Waals surface area contributed by atoms with Gasteiger partial charge < -0.3 is 5.73 Å². The van der Waals surface area contributed by atoms with Crippen molar-refractivity contribution in [2.45, 2.75) is 36.6 Å². The second kappa shape index (κ2) is 6.12. The highest BCUT2D eigenvalue weighted by atomic mass is 79.9. The van der Waals surface area contributed by atoms with Crippen molar-refractivity contribution >= 4 is 27.7 Å².